The van der Waals surface area contributed by atoms with Crippen molar-refractivity contribution in [1.82, 2.24) is 15.6 Å². The molecule has 4 nitrogen and oxygen atoms in total. The van der Waals surface area contributed by atoms with Crippen LogP contribution in [0.5, 0.6) is 0 Å². The number of nitrogen functional groups attached to an aromatic ring is 1. The van der Waals surface area contributed by atoms with Gasteiger partial charge in [-0.05, 0) is 44.5 Å². The highest BCUT2D eigenvalue weighted by Crippen LogP contribution is 2.10. The Morgan fingerprint density at radius 1 is 1.39 bits per heavy atom. The van der Waals surface area contributed by atoms with Crippen LogP contribution >= 0.6 is 0 Å². The maximum atomic E-state index is 5.74. The van der Waals surface area contributed by atoms with E-state index in [4.69, 9.17) is 5.73 Å². The van der Waals surface area contributed by atoms with E-state index in [0.717, 1.165) is 22.7 Å². The average molecular weight is 244 g/mol. The predicted molar refractivity (Wildman–Crippen MR) is 74.7 cm³/mol. The first-order valence-electron chi connectivity index (χ1n) is 6.17. The second-order valence-electron chi connectivity index (χ2n) is 4.75. The van der Waals surface area contributed by atoms with Gasteiger partial charge in [-0.1, -0.05) is 6.08 Å². The fourth-order valence-electron chi connectivity index (χ4n) is 2.07. The molecule has 1 atom stereocenters. The molecule has 4 N–H and O–H groups in total. The second kappa shape index (κ2) is 5.12. The summed E-state index contributed by atoms with van der Waals surface area (Å²) in [7, 11) is 0. The molecule has 1 aromatic heterocycles. The van der Waals surface area contributed by atoms with Crippen molar-refractivity contribution in [2.24, 2.45) is 0 Å². The van der Waals surface area contributed by atoms with Crippen LogP contribution in [0.2, 0.25) is 0 Å². The summed E-state index contributed by atoms with van der Waals surface area (Å²) < 4.78 is 0. The van der Waals surface area contributed by atoms with Crippen molar-refractivity contribution in [3.63, 3.8) is 0 Å². The molecule has 96 valence electrons. The molecule has 0 saturated carbocycles. The molecule has 0 saturated heterocycles. The summed E-state index contributed by atoms with van der Waals surface area (Å²) in [4.78, 5) is 4.31. The van der Waals surface area contributed by atoms with Gasteiger partial charge in [-0.15, -0.1) is 0 Å². The number of rotatable bonds is 3. The molecule has 0 aromatic carbocycles. The van der Waals surface area contributed by atoms with Crippen LogP contribution in [-0.2, 0) is 6.54 Å². The summed E-state index contributed by atoms with van der Waals surface area (Å²) in [5.41, 5.74) is 10.1. The molecule has 2 rings (SSSR count). The first kappa shape index (κ1) is 12.5. The lowest BCUT2D eigenvalue weighted by atomic mass is 10.1. The lowest BCUT2D eigenvalue weighted by Gasteiger charge is -2.21. The van der Waals surface area contributed by atoms with Gasteiger partial charge in [0.1, 0.15) is 5.82 Å². The molecule has 1 aliphatic rings. The van der Waals surface area contributed by atoms with Crippen molar-refractivity contribution in [2.75, 3.05) is 5.73 Å². The lowest BCUT2D eigenvalue weighted by Crippen LogP contribution is -2.29. The van der Waals surface area contributed by atoms with Crippen molar-refractivity contribution in [1.29, 1.82) is 0 Å². The zero-order valence-corrected chi connectivity index (χ0v) is 11.1. The minimum Gasteiger partial charge on any atom is -0.384 e. The molecule has 18 heavy (non-hydrogen) atoms. The van der Waals surface area contributed by atoms with Gasteiger partial charge in [0, 0.05) is 11.7 Å². The van der Waals surface area contributed by atoms with Crippen LogP contribution in [0.4, 0.5) is 5.82 Å². The van der Waals surface area contributed by atoms with Crippen molar-refractivity contribution in [3.05, 3.63) is 46.9 Å². The van der Waals surface area contributed by atoms with Gasteiger partial charge in [0.15, 0.2) is 0 Å². The largest absolute Gasteiger partial charge is 0.384 e. The third-order valence-electron chi connectivity index (χ3n) is 2.90. The van der Waals surface area contributed by atoms with Crippen LogP contribution in [0, 0.1) is 6.92 Å². The predicted octanol–water partition coefficient (Wildman–Crippen LogP) is 1.84. The Bertz CT molecular complexity index is 482. The lowest BCUT2D eigenvalue weighted by molar-refractivity contribution is 0.678. The number of dihydropyridines is 1. The second-order valence-corrected chi connectivity index (χ2v) is 4.75. The molecule has 0 aliphatic carbocycles. The van der Waals surface area contributed by atoms with E-state index in [2.05, 4.69) is 41.6 Å². The Morgan fingerprint density at radius 2 is 2.17 bits per heavy atom. The monoisotopic (exact) mass is 244 g/mol. The van der Waals surface area contributed by atoms with E-state index < -0.39 is 0 Å². The Labute approximate surface area is 108 Å². The zero-order valence-electron chi connectivity index (χ0n) is 11.1. The number of nitrogens with one attached hydrogen (secondary N) is 2. The summed E-state index contributed by atoms with van der Waals surface area (Å²) in [5, 5.41) is 6.75. The van der Waals surface area contributed by atoms with E-state index in [9.17, 15) is 0 Å². The SMILES string of the molecule is CC1=C(NCc2cc(C)cc(N)n2)C=CC(C)N1. The number of hydrogen-bond acceptors (Lipinski definition) is 4. The van der Waals surface area contributed by atoms with E-state index in [1.807, 2.05) is 19.1 Å². The molecule has 0 radical (unpaired) electrons. The van der Waals surface area contributed by atoms with Gasteiger partial charge < -0.3 is 16.4 Å². The standard InChI is InChI=1S/C14H20N4/c1-9-6-12(18-14(15)7-9)8-16-13-5-4-10(2)17-11(13)3/h4-7,10,16-17H,8H2,1-3H3,(H2,15,18). The molecular formula is C14H20N4. The van der Waals surface area contributed by atoms with Gasteiger partial charge in [-0.3, -0.25) is 0 Å². The minimum absolute atomic E-state index is 0.392. The molecule has 1 aliphatic heterocycles. The van der Waals surface area contributed by atoms with Crippen LogP contribution in [0.1, 0.15) is 25.1 Å². The number of nitrogens with two attached hydrogens (primary N) is 1. The molecule has 0 spiro atoms. The maximum absolute atomic E-state index is 5.74. The van der Waals surface area contributed by atoms with E-state index in [-0.39, 0.29) is 0 Å². The van der Waals surface area contributed by atoms with Crippen molar-refractivity contribution < 1.29 is 0 Å². The third-order valence-corrected chi connectivity index (χ3v) is 2.90. The van der Waals surface area contributed by atoms with E-state index in [1.54, 1.807) is 0 Å². The summed E-state index contributed by atoms with van der Waals surface area (Å²) in [6, 6.07) is 4.31. The normalized spacial score (nSPS) is 18.7. The highest BCUT2D eigenvalue weighted by molar-refractivity contribution is 5.35. The van der Waals surface area contributed by atoms with Gasteiger partial charge in [-0.25, -0.2) is 4.98 Å². The van der Waals surface area contributed by atoms with Gasteiger partial charge in [0.25, 0.3) is 0 Å². The van der Waals surface area contributed by atoms with Crippen molar-refractivity contribution in [3.8, 4) is 0 Å². The van der Waals surface area contributed by atoms with Crippen molar-refractivity contribution in [2.45, 2.75) is 33.4 Å². The first-order valence-corrected chi connectivity index (χ1v) is 6.17. The number of aryl methyl sites for hydroxylation is 1. The van der Waals surface area contributed by atoms with E-state index >= 15 is 0 Å². The molecule has 1 unspecified atom stereocenters. The summed E-state index contributed by atoms with van der Waals surface area (Å²) in [5.74, 6) is 0.573. The number of nitrogens with zero attached hydrogens (tertiary/aromatic N) is 1. The number of hydrogen-bond donors (Lipinski definition) is 3. The molecule has 2 heterocycles. The highest BCUT2D eigenvalue weighted by Gasteiger charge is 2.08. The maximum Gasteiger partial charge on any atom is 0.123 e. The molecule has 0 fully saturated rings. The van der Waals surface area contributed by atoms with Gasteiger partial charge in [0.05, 0.1) is 17.9 Å². The zero-order chi connectivity index (χ0) is 13.1. The van der Waals surface area contributed by atoms with Gasteiger partial charge in [-0.2, -0.15) is 0 Å². The molecular weight excluding hydrogens is 224 g/mol. The smallest absolute Gasteiger partial charge is 0.123 e. The van der Waals surface area contributed by atoms with Crippen LogP contribution in [0.15, 0.2) is 35.7 Å². The molecule has 4 heteroatoms. The Kier molecular flexibility index (Phi) is 3.55. The molecule has 1 aromatic rings. The summed E-state index contributed by atoms with van der Waals surface area (Å²) >= 11 is 0. The molecule has 0 amide bonds. The number of pyridine rings is 1. The van der Waals surface area contributed by atoms with Crippen LogP contribution in [0.25, 0.3) is 0 Å². The highest BCUT2D eigenvalue weighted by atomic mass is 15.0. The number of anilines is 1. The Balaban J connectivity index is 2.04. The van der Waals surface area contributed by atoms with E-state index in [0.29, 0.717) is 18.4 Å². The third kappa shape index (κ3) is 3.03. The van der Waals surface area contributed by atoms with Gasteiger partial charge in [0.2, 0.25) is 0 Å². The van der Waals surface area contributed by atoms with Crippen LogP contribution in [0.3, 0.4) is 0 Å². The Morgan fingerprint density at radius 3 is 2.83 bits per heavy atom. The van der Waals surface area contributed by atoms with Crippen molar-refractivity contribution >= 4 is 5.82 Å². The summed E-state index contributed by atoms with van der Waals surface area (Å²) in [6.45, 7) is 6.90. The topological polar surface area (TPSA) is 63.0 Å². The van der Waals surface area contributed by atoms with Crippen LogP contribution < -0.4 is 16.4 Å². The quantitative estimate of drug-likeness (QED) is 0.759. The fraction of sp³-hybridized carbons (Fsp3) is 0.357. The first-order chi connectivity index (χ1) is 8.54. The van der Waals surface area contributed by atoms with Crippen LogP contribution in [-0.4, -0.2) is 11.0 Å². The average Bonchev–Trinajstić information content (AvgIpc) is 2.26. The Hall–Kier alpha value is -1.97. The number of aromatic nitrogens is 1. The number of allylic oxidation sites excluding steroid dienone is 2. The van der Waals surface area contributed by atoms with Gasteiger partial charge >= 0.3 is 0 Å². The minimum atomic E-state index is 0.392. The van der Waals surface area contributed by atoms with E-state index in [1.165, 1.54) is 0 Å². The molecule has 0 bridgehead atoms. The summed E-state index contributed by atoms with van der Waals surface area (Å²) in [6.07, 6.45) is 4.24. The fourth-order valence-corrected chi connectivity index (χ4v) is 2.07.